The van der Waals surface area contributed by atoms with E-state index in [1.807, 2.05) is 0 Å². The number of hydrogen-bond donors (Lipinski definition) is 1. The van der Waals surface area contributed by atoms with Crippen LogP contribution in [0.4, 0.5) is 18.9 Å². The van der Waals surface area contributed by atoms with E-state index < -0.39 is 23.3 Å². The number of amides is 1. The van der Waals surface area contributed by atoms with Gasteiger partial charge in [0.1, 0.15) is 11.5 Å². The standard InChI is InChI=1S/C19H15ClF3N3O3/c1-28-14-7-12(8-15(9-14)29-2)25-18(27)16-10-24-26(17(16)19(21,22)23)13-5-3-11(20)4-6-13/h3-10H,1-2H3,(H,25,27). The largest absolute Gasteiger partial charge is 0.497 e. The van der Waals surface area contributed by atoms with Crippen molar-refractivity contribution >= 4 is 23.2 Å². The molecule has 3 rings (SSSR count). The van der Waals surface area contributed by atoms with Crippen molar-refractivity contribution in [3.63, 3.8) is 0 Å². The van der Waals surface area contributed by atoms with Gasteiger partial charge in [0.05, 0.1) is 31.7 Å². The highest BCUT2D eigenvalue weighted by atomic mass is 35.5. The molecule has 0 saturated heterocycles. The fraction of sp³-hybridized carbons (Fsp3) is 0.158. The molecular weight excluding hydrogens is 411 g/mol. The first-order valence-electron chi connectivity index (χ1n) is 8.18. The summed E-state index contributed by atoms with van der Waals surface area (Å²) in [6.45, 7) is 0. The molecule has 0 spiro atoms. The molecule has 0 saturated carbocycles. The summed E-state index contributed by atoms with van der Waals surface area (Å²) in [7, 11) is 2.83. The summed E-state index contributed by atoms with van der Waals surface area (Å²) in [4.78, 5) is 12.6. The summed E-state index contributed by atoms with van der Waals surface area (Å²) in [6.07, 6.45) is -3.96. The first-order chi connectivity index (χ1) is 13.7. The summed E-state index contributed by atoms with van der Waals surface area (Å²) in [5, 5.41) is 6.54. The summed E-state index contributed by atoms with van der Waals surface area (Å²) in [5.74, 6) is -0.243. The average molecular weight is 426 g/mol. The normalized spacial score (nSPS) is 11.2. The summed E-state index contributed by atoms with van der Waals surface area (Å²) < 4.78 is 52.1. The van der Waals surface area contributed by atoms with Crippen LogP contribution in [0, 0.1) is 0 Å². The number of nitrogens with one attached hydrogen (secondary N) is 1. The fourth-order valence-electron chi connectivity index (χ4n) is 2.64. The molecule has 0 bridgehead atoms. The molecule has 0 radical (unpaired) electrons. The quantitative estimate of drug-likeness (QED) is 0.637. The van der Waals surface area contributed by atoms with Crippen molar-refractivity contribution in [3.05, 3.63) is 64.9 Å². The third-order valence-electron chi connectivity index (χ3n) is 3.96. The molecule has 1 aromatic heterocycles. The summed E-state index contributed by atoms with van der Waals surface area (Å²) >= 11 is 5.79. The van der Waals surface area contributed by atoms with E-state index in [-0.39, 0.29) is 11.4 Å². The van der Waals surface area contributed by atoms with E-state index in [2.05, 4.69) is 10.4 Å². The zero-order valence-corrected chi connectivity index (χ0v) is 16.0. The van der Waals surface area contributed by atoms with Crippen LogP contribution in [0.1, 0.15) is 16.1 Å². The number of ether oxygens (including phenoxy) is 2. The number of alkyl halides is 3. The van der Waals surface area contributed by atoms with Gasteiger partial charge in [0.25, 0.3) is 5.91 Å². The lowest BCUT2D eigenvalue weighted by Crippen LogP contribution is -2.20. The topological polar surface area (TPSA) is 65.4 Å². The lowest BCUT2D eigenvalue weighted by molar-refractivity contribution is -0.143. The van der Waals surface area contributed by atoms with Crippen molar-refractivity contribution in [3.8, 4) is 17.2 Å². The molecule has 10 heteroatoms. The van der Waals surface area contributed by atoms with E-state index in [0.29, 0.717) is 21.2 Å². The Morgan fingerprint density at radius 3 is 2.17 bits per heavy atom. The molecule has 0 aliphatic heterocycles. The van der Waals surface area contributed by atoms with Crippen LogP contribution in [-0.2, 0) is 6.18 Å². The SMILES string of the molecule is COc1cc(NC(=O)c2cnn(-c3ccc(Cl)cc3)c2C(F)(F)F)cc(OC)c1. The highest BCUT2D eigenvalue weighted by Gasteiger charge is 2.40. The monoisotopic (exact) mass is 425 g/mol. The predicted molar refractivity (Wildman–Crippen MR) is 101 cm³/mol. The van der Waals surface area contributed by atoms with E-state index in [0.717, 1.165) is 6.20 Å². The van der Waals surface area contributed by atoms with Crippen LogP contribution in [0.15, 0.2) is 48.7 Å². The lowest BCUT2D eigenvalue weighted by Gasteiger charge is -2.13. The minimum atomic E-state index is -4.82. The highest BCUT2D eigenvalue weighted by molar-refractivity contribution is 6.30. The number of aromatic nitrogens is 2. The summed E-state index contributed by atoms with van der Waals surface area (Å²) in [5.41, 5.74) is -1.51. The van der Waals surface area contributed by atoms with Gasteiger partial charge in [-0.05, 0) is 24.3 Å². The maximum absolute atomic E-state index is 13.7. The molecule has 152 valence electrons. The van der Waals surface area contributed by atoms with E-state index in [9.17, 15) is 18.0 Å². The second kappa shape index (κ2) is 8.04. The van der Waals surface area contributed by atoms with Crippen LogP contribution in [0.3, 0.4) is 0 Å². The zero-order valence-electron chi connectivity index (χ0n) is 15.2. The molecule has 1 N–H and O–H groups in total. The van der Waals surface area contributed by atoms with Gasteiger partial charge in [-0.25, -0.2) is 4.68 Å². The van der Waals surface area contributed by atoms with Gasteiger partial charge in [0, 0.05) is 28.9 Å². The van der Waals surface area contributed by atoms with Gasteiger partial charge in [-0.1, -0.05) is 11.6 Å². The Kier molecular flexibility index (Phi) is 5.69. The second-order valence-corrected chi connectivity index (χ2v) is 6.28. The van der Waals surface area contributed by atoms with Crippen molar-refractivity contribution in [2.75, 3.05) is 19.5 Å². The molecule has 0 aliphatic rings. The number of halogens is 4. The van der Waals surface area contributed by atoms with E-state index in [1.54, 1.807) is 6.07 Å². The molecule has 0 fully saturated rings. The molecule has 0 unspecified atom stereocenters. The molecule has 0 atom stereocenters. The van der Waals surface area contributed by atoms with Gasteiger partial charge in [-0.3, -0.25) is 4.79 Å². The smallest absolute Gasteiger partial charge is 0.434 e. The Balaban J connectivity index is 2.00. The van der Waals surface area contributed by atoms with Crippen LogP contribution in [0.2, 0.25) is 5.02 Å². The van der Waals surface area contributed by atoms with Crippen LogP contribution in [0.25, 0.3) is 5.69 Å². The van der Waals surface area contributed by atoms with Crippen LogP contribution >= 0.6 is 11.6 Å². The number of anilines is 1. The van der Waals surface area contributed by atoms with Crippen LogP contribution < -0.4 is 14.8 Å². The summed E-state index contributed by atoms with van der Waals surface area (Å²) in [6, 6.07) is 10.1. The molecular formula is C19H15ClF3N3O3. The van der Waals surface area contributed by atoms with Gasteiger partial charge < -0.3 is 14.8 Å². The molecule has 29 heavy (non-hydrogen) atoms. The van der Waals surface area contributed by atoms with E-state index in [4.69, 9.17) is 21.1 Å². The lowest BCUT2D eigenvalue weighted by atomic mass is 10.2. The van der Waals surface area contributed by atoms with Gasteiger partial charge in [0.2, 0.25) is 0 Å². The van der Waals surface area contributed by atoms with E-state index >= 15 is 0 Å². The number of methoxy groups -OCH3 is 2. The maximum Gasteiger partial charge on any atom is 0.434 e. The Morgan fingerprint density at radius 2 is 1.66 bits per heavy atom. The highest BCUT2D eigenvalue weighted by Crippen LogP contribution is 2.34. The molecule has 1 amide bonds. The van der Waals surface area contributed by atoms with Gasteiger partial charge >= 0.3 is 6.18 Å². The fourth-order valence-corrected chi connectivity index (χ4v) is 2.77. The number of carbonyl (C=O) groups is 1. The molecule has 6 nitrogen and oxygen atoms in total. The Morgan fingerprint density at radius 1 is 1.07 bits per heavy atom. The van der Waals surface area contributed by atoms with Gasteiger partial charge in [-0.2, -0.15) is 18.3 Å². The zero-order chi connectivity index (χ0) is 21.2. The first kappa shape index (κ1) is 20.5. The predicted octanol–water partition coefficient (Wildman–Crippen LogP) is 4.81. The minimum Gasteiger partial charge on any atom is -0.497 e. The number of rotatable bonds is 5. The molecule has 3 aromatic rings. The van der Waals surface area contributed by atoms with Crippen molar-refractivity contribution < 1.29 is 27.4 Å². The van der Waals surface area contributed by atoms with Crippen molar-refractivity contribution in [2.45, 2.75) is 6.18 Å². The van der Waals surface area contributed by atoms with Gasteiger partial charge in [-0.15, -0.1) is 0 Å². The first-order valence-corrected chi connectivity index (χ1v) is 8.56. The number of hydrogen-bond acceptors (Lipinski definition) is 4. The number of benzene rings is 2. The number of carbonyl (C=O) groups excluding carboxylic acids is 1. The minimum absolute atomic E-state index is 0.115. The maximum atomic E-state index is 13.7. The molecule has 1 heterocycles. The second-order valence-electron chi connectivity index (χ2n) is 5.85. The third-order valence-corrected chi connectivity index (χ3v) is 4.21. The van der Waals surface area contributed by atoms with E-state index in [1.165, 1.54) is 50.6 Å². The Hall–Kier alpha value is -3.20. The van der Waals surface area contributed by atoms with Crippen molar-refractivity contribution in [1.82, 2.24) is 9.78 Å². The molecule has 0 aliphatic carbocycles. The number of nitrogens with zero attached hydrogens (tertiary/aromatic N) is 2. The van der Waals surface area contributed by atoms with Gasteiger partial charge in [0.15, 0.2) is 5.69 Å². The van der Waals surface area contributed by atoms with Crippen LogP contribution in [-0.4, -0.2) is 29.9 Å². The van der Waals surface area contributed by atoms with Crippen molar-refractivity contribution in [2.24, 2.45) is 0 Å². The van der Waals surface area contributed by atoms with Crippen molar-refractivity contribution in [1.29, 1.82) is 0 Å². The Labute approximate surface area is 168 Å². The third kappa shape index (κ3) is 4.45. The Bertz CT molecular complexity index is 1010. The van der Waals surface area contributed by atoms with Crippen LogP contribution in [0.5, 0.6) is 11.5 Å². The average Bonchev–Trinajstić information content (AvgIpc) is 3.14. The molecule has 2 aromatic carbocycles.